The molecule has 1 aromatic heterocycles. The summed E-state index contributed by atoms with van der Waals surface area (Å²) >= 11 is 0. The van der Waals surface area contributed by atoms with Crippen LogP contribution in [0.5, 0.6) is 0 Å². The molecule has 0 unspecified atom stereocenters. The molecule has 146 valence electrons. The first-order valence-corrected chi connectivity index (χ1v) is 9.25. The predicted octanol–water partition coefficient (Wildman–Crippen LogP) is 2.23. The van der Waals surface area contributed by atoms with Gasteiger partial charge >= 0.3 is 0 Å². The molecule has 2 amide bonds. The largest absolute Gasteiger partial charge is 0.342 e. The molecule has 7 heteroatoms. The second-order valence-electron chi connectivity index (χ2n) is 6.58. The van der Waals surface area contributed by atoms with Crippen LogP contribution in [0.15, 0.2) is 30.3 Å². The number of aromatic nitrogens is 2. The van der Waals surface area contributed by atoms with Crippen molar-refractivity contribution < 1.29 is 9.59 Å². The highest BCUT2D eigenvalue weighted by molar-refractivity contribution is 5.93. The van der Waals surface area contributed by atoms with Crippen LogP contribution in [0.1, 0.15) is 25.2 Å². The molecule has 0 radical (unpaired) electrons. The van der Waals surface area contributed by atoms with Gasteiger partial charge < -0.3 is 10.2 Å². The molecule has 7 nitrogen and oxygen atoms in total. The highest BCUT2D eigenvalue weighted by Gasteiger charge is 2.18. The number of hydrogen-bond acceptors (Lipinski definition) is 4. The third kappa shape index (κ3) is 5.17. The van der Waals surface area contributed by atoms with Gasteiger partial charge in [-0.15, -0.1) is 0 Å². The highest BCUT2D eigenvalue weighted by atomic mass is 16.2. The maximum Gasteiger partial charge on any atom is 0.238 e. The summed E-state index contributed by atoms with van der Waals surface area (Å²) in [6.45, 7) is 9.40. The van der Waals surface area contributed by atoms with E-state index in [0.717, 1.165) is 17.1 Å². The minimum atomic E-state index is -0.163. The normalized spacial score (nSPS) is 10.9. The number of nitrogens with one attached hydrogen (secondary N) is 1. The van der Waals surface area contributed by atoms with Crippen molar-refractivity contribution in [3.63, 3.8) is 0 Å². The number of anilines is 1. The van der Waals surface area contributed by atoms with E-state index >= 15 is 0 Å². The molecule has 1 heterocycles. The van der Waals surface area contributed by atoms with Gasteiger partial charge in [-0.3, -0.25) is 14.5 Å². The number of aryl methyl sites for hydroxylation is 1. The number of benzene rings is 1. The van der Waals surface area contributed by atoms with Crippen molar-refractivity contribution in [1.82, 2.24) is 19.6 Å². The third-order valence-electron chi connectivity index (χ3n) is 4.49. The van der Waals surface area contributed by atoms with Gasteiger partial charge in [-0.05, 0) is 46.9 Å². The monoisotopic (exact) mass is 371 g/mol. The first kappa shape index (κ1) is 20.6. The van der Waals surface area contributed by atoms with Gasteiger partial charge in [0.05, 0.1) is 35.9 Å². The second kappa shape index (κ2) is 9.32. The predicted molar refractivity (Wildman–Crippen MR) is 107 cm³/mol. The Labute approximate surface area is 161 Å². The van der Waals surface area contributed by atoms with Gasteiger partial charge in [0.15, 0.2) is 0 Å². The third-order valence-corrected chi connectivity index (χ3v) is 4.49. The zero-order valence-electron chi connectivity index (χ0n) is 16.8. The van der Waals surface area contributed by atoms with E-state index in [1.807, 2.05) is 62.7 Å². The number of carbonyl (C=O) groups excluding carboxylic acids is 2. The van der Waals surface area contributed by atoms with Gasteiger partial charge in [-0.2, -0.15) is 5.10 Å². The Morgan fingerprint density at radius 1 is 1.07 bits per heavy atom. The molecule has 2 aromatic rings. The van der Waals surface area contributed by atoms with E-state index in [1.165, 1.54) is 0 Å². The van der Waals surface area contributed by atoms with Crippen LogP contribution in [0.3, 0.4) is 0 Å². The molecule has 0 atom stereocenters. The van der Waals surface area contributed by atoms with Crippen LogP contribution in [0.25, 0.3) is 5.69 Å². The number of para-hydroxylation sites is 1. The minimum Gasteiger partial charge on any atom is -0.342 e. The zero-order valence-corrected chi connectivity index (χ0v) is 16.8. The lowest BCUT2D eigenvalue weighted by Crippen LogP contribution is -2.41. The minimum absolute atomic E-state index is 0.0274. The lowest BCUT2D eigenvalue weighted by Gasteiger charge is -2.22. The quantitative estimate of drug-likeness (QED) is 0.772. The van der Waals surface area contributed by atoms with Crippen LogP contribution in [0.2, 0.25) is 0 Å². The molecule has 27 heavy (non-hydrogen) atoms. The molecule has 0 spiro atoms. The average Bonchev–Trinajstić information content (AvgIpc) is 2.91. The summed E-state index contributed by atoms with van der Waals surface area (Å²) in [4.78, 5) is 28.1. The van der Waals surface area contributed by atoms with Crippen molar-refractivity contribution >= 4 is 17.5 Å². The Kier molecular flexibility index (Phi) is 7.12. The summed E-state index contributed by atoms with van der Waals surface area (Å²) < 4.78 is 1.82. The molecule has 0 aliphatic carbocycles. The Bertz CT molecular complexity index is 781. The SMILES string of the molecule is CCN(CC)C(=O)CN(C)CC(=O)Nc1c(C)nn(-c2ccccc2)c1C. The molecule has 0 saturated carbocycles. The molecule has 0 saturated heterocycles. The van der Waals surface area contributed by atoms with Gasteiger partial charge in [-0.25, -0.2) is 4.68 Å². The summed E-state index contributed by atoms with van der Waals surface area (Å²) in [6.07, 6.45) is 0. The molecule has 2 rings (SSSR count). The van der Waals surface area contributed by atoms with Gasteiger partial charge in [0, 0.05) is 13.1 Å². The first-order valence-electron chi connectivity index (χ1n) is 9.25. The van der Waals surface area contributed by atoms with Crippen LogP contribution >= 0.6 is 0 Å². The standard InChI is InChI=1S/C20H29N5O2/c1-6-24(7-2)19(27)14-23(5)13-18(26)21-20-15(3)22-25(16(20)4)17-11-9-8-10-12-17/h8-12H,6-7,13-14H2,1-5H3,(H,21,26). The number of carbonyl (C=O) groups is 2. The van der Waals surface area contributed by atoms with Crippen molar-refractivity contribution in [2.75, 3.05) is 38.5 Å². The summed E-state index contributed by atoms with van der Waals surface area (Å²) in [7, 11) is 1.77. The molecule has 1 N–H and O–H groups in total. The lowest BCUT2D eigenvalue weighted by atomic mass is 10.3. The average molecular weight is 371 g/mol. The number of nitrogens with zero attached hydrogens (tertiary/aromatic N) is 4. The number of amides is 2. The Morgan fingerprint density at radius 3 is 2.30 bits per heavy atom. The first-order chi connectivity index (χ1) is 12.9. The van der Waals surface area contributed by atoms with Crippen LogP contribution in [-0.4, -0.2) is 64.6 Å². The van der Waals surface area contributed by atoms with Crippen molar-refractivity contribution in [2.24, 2.45) is 0 Å². The smallest absolute Gasteiger partial charge is 0.238 e. The molecule has 0 fully saturated rings. The summed E-state index contributed by atoms with van der Waals surface area (Å²) in [5.41, 5.74) is 3.29. The number of hydrogen-bond donors (Lipinski definition) is 1. The van der Waals surface area contributed by atoms with Crippen LogP contribution in [-0.2, 0) is 9.59 Å². The van der Waals surface area contributed by atoms with E-state index in [1.54, 1.807) is 16.8 Å². The van der Waals surface area contributed by atoms with E-state index in [2.05, 4.69) is 10.4 Å². The Balaban J connectivity index is 2.02. The maximum atomic E-state index is 12.4. The fraction of sp³-hybridized carbons (Fsp3) is 0.450. The summed E-state index contributed by atoms with van der Waals surface area (Å²) in [5, 5.41) is 7.48. The summed E-state index contributed by atoms with van der Waals surface area (Å²) in [5.74, 6) is -0.136. The van der Waals surface area contributed by atoms with Gasteiger partial charge in [0.25, 0.3) is 0 Å². The Hall–Kier alpha value is -2.67. The zero-order chi connectivity index (χ0) is 20.0. The molecular weight excluding hydrogens is 342 g/mol. The number of likely N-dealkylation sites (N-methyl/N-ethyl adjacent to an activating group) is 2. The van der Waals surface area contributed by atoms with E-state index in [9.17, 15) is 9.59 Å². The summed E-state index contributed by atoms with van der Waals surface area (Å²) in [6, 6.07) is 9.79. The molecule has 0 aliphatic rings. The van der Waals surface area contributed by atoms with E-state index in [-0.39, 0.29) is 24.9 Å². The van der Waals surface area contributed by atoms with E-state index < -0.39 is 0 Å². The van der Waals surface area contributed by atoms with Crippen LogP contribution < -0.4 is 5.32 Å². The van der Waals surface area contributed by atoms with Gasteiger partial charge in [0.1, 0.15) is 0 Å². The van der Waals surface area contributed by atoms with Crippen molar-refractivity contribution in [2.45, 2.75) is 27.7 Å². The van der Waals surface area contributed by atoms with Crippen LogP contribution in [0, 0.1) is 13.8 Å². The van der Waals surface area contributed by atoms with E-state index in [0.29, 0.717) is 18.8 Å². The lowest BCUT2D eigenvalue weighted by molar-refractivity contribution is -0.132. The molecule has 0 bridgehead atoms. The van der Waals surface area contributed by atoms with Crippen LogP contribution in [0.4, 0.5) is 5.69 Å². The fourth-order valence-electron chi connectivity index (χ4n) is 3.03. The molecular formula is C20H29N5O2. The number of rotatable bonds is 8. The van der Waals surface area contributed by atoms with Crippen molar-refractivity contribution in [1.29, 1.82) is 0 Å². The topological polar surface area (TPSA) is 70.5 Å². The highest BCUT2D eigenvalue weighted by Crippen LogP contribution is 2.22. The second-order valence-corrected chi connectivity index (χ2v) is 6.58. The Morgan fingerprint density at radius 2 is 1.70 bits per heavy atom. The molecule has 0 aliphatic heterocycles. The molecule has 1 aromatic carbocycles. The maximum absolute atomic E-state index is 12.4. The van der Waals surface area contributed by atoms with Gasteiger partial charge in [-0.1, -0.05) is 18.2 Å². The van der Waals surface area contributed by atoms with Gasteiger partial charge in [0.2, 0.25) is 11.8 Å². The fourth-order valence-corrected chi connectivity index (χ4v) is 3.03. The van der Waals surface area contributed by atoms with Crippen molar-refractivity contribution in [3.05, 3.63) is 41.7 Å². The van der Waals surface area contributed by atoms with Crippen molar-refractivity contribution in [3.8, 4) is 5.69 Å². The van der Waals surface area contributed by atoms with E-state index in [4.69, 9.17) is 0 Å².